The molecule has 1 aliphatic heterocycles. The fraction of sp³-hybridized carbons (Fsp3) is 0.174. The van der Waals surface area contributed by atoms with Crippen molar-refractivity contribution in [3.8, 4) is 10.4 Å². The lowest BCUT2D eigenvalue weighted by Gasteiger charge is -2.11. The van der Waals surface area contributed by atoms with Crippen LogP contribution in [0.25, 0.3) is 21.3 Å². The van der Waals surface area contributed by atoms with Crippen LogP contribution in [0, 0.1) is 5.82 Å². The molecule has 0 bridgehead atoms. The number of aryl methyl sites for hydroxylation is 1. The maximum Gasteiger partial charge on any atom is 0.304 e. The molecule has 0 spiro atoms. The van der Waals surface area contributed by atoms with Gasteiger partial charge in [0.25, 0.3) is 0 Å². The number of carboxylic acid groups (broad SMARTS) is 1. The smallest absolute Gasteiger partial charge is 0.304 e. The number of rotatable bonds is 5. The van der Waals surface area contributed by atoms with Crippen LogP contribution >= 0.6 is 34.7 Å². The molecule has 3 nitrogen and oxygen atoms in total. The van der Waals surface area contributed by atoms with Crippen LogP contribution in [0.3, 0.4) is 0 Å². The molecule has 30 heavy (non-hydrogen) atoms. The second-order valence-corrected chi connectivity index (χ2v) is 9.80. The van der Waals surface area contributed by atoms with Crippen LogP contribution in [0.5, 0.6) is 0 Å². The van der Waals surface area contributed by atoms with E-state index in [0.29, 0.717) is 11.6 Å². The van der Waals surface area contributed by atoms with Crippen molar-refractivity contribution in [2.24, 2.45) is 0 Å². The molecule has 0 aliphatic carbocycles. The Morgan fingerprint density at radius 2 is 2.07 bits per heavy atom. The summed E-state index contributed by atoms with van der Waals surface area (Å²) in [5.74, 6) is -1.19. The van der Waals surface area contributed by atoms with Crippen molar-refractivity contribution < 1.29 is 14.3 Å². The van der Waals surface area contributed by atoms with Crippen molar-refractivity contribution in [1.82, 2.24) is 4.57 Å². The standard InChI is InChI=1S/C23H17ClFNO2S2/c24-14-3-5-16(6-4-14)30-23-21-17(19-2-1-9-29-19)11-15(25)12-18(21)26-8-7-13(22(23)26)10-20(27)28/h1-6,9,11-13H,7-8,10H2,(H,27,28). The highest BCUT2D eigenvalue weighted by Crippen LogP contribution is 2.50. The van der Waals surface area contributed by atoms with Crippen molar-refractivity contribution in [1.29, 1.82) is 0 Å². The first kappa shape index (κ1) is 19.7. The molecular formula is C23H17ClFNO2S2. The number of aliphatic carboxylic acids is 1. The summed E-state index contributed by atoms with van der Waals surface area (Å²) in [4.78, 5) is 14.5. The van der Waals surface area contributed by atoms with E-state index < -0.39 is 5.97 Å². The highest BCUT2D eigenvalue weighted by Gasteiger charge is 2.33. The fourth-order valence-corrected chi connectivity index (χ4v) is 6.33. The van der Waals surface area contributed by atoms with Gasteiger partial charge in [-0.25, -0.2) is 4.39 Å². The Balaban J connectivity index is 1.78. The minimum atomic E-state index is -0.814. The third-order valence-electron chi connectivity index (χ3n) is 5.45. The number of thiophene rings is 1. The molecule has 4 aromatic rings. The van der Waals surface area contributed by atoms with Crippen LogP contribution in [0.2, 0.25) is 5.02 Å². The van der Waals surface area contributed by atoms with Crippen LogP contribution in [0.4, 0.5) is 4.39 Å². The number of carboxylic acids is 1. The number of hydrogen-bond acceptors (Lipinski definition) is 3. The lowest BCUT2D eigenvalue weighted by atomic mass is 9.99. The van der Waals surface area contributed by atoms with Gasteiger partial charge >= 0.3 is 5.97 Å². The number of aromatic nitrogens is 1. The summed E-state index contributed by atoms with van der Waals surface area (Å²) in [6, 6.07) is 14.7. The van der Waals surface area contributed by atoms with E-state index >= 15 is 0 Å². The Labute approximate surface area is 186 Å². The Bertz CT molecular complexity index is 1250. The lowest BCUT2D eigenvalue weighted by Crippen LogP contribution is -2.04. The third-order valence-corrected chi connectivity index (χ3v) is 7.73. The fourth-order valence-electron chi connectivity index (χ4n) is 4.25. The van der Waals surface area contributed by atoms with Crippen molar-refractivity contribution >= 4 is 51.6 Å². The summed E-state index contributed by atoms with van der Waals surface area (Å²) in [5.41, 5.74) is 2.68. The third kappa shape index (κ3) is 3.43. The Morgan fingerprint density at radius 1 is 1.27 bits per heavy atom. The molecule has 5 rings (SSSR count). The summed E-state index contributed by atoms with van der Waals surface area (Å²) >= 11 is 9.22. The first-order valence-electron chi connectivity index (χ1n) is 9.56. The lowest BCUT2D eigenvalue weighted by molar-refractivity contribution is -0.137. The normalized spacial score (nSPS) is 15.6. The van der Waals surface area contributed by atoms with E-state index in [1.54, 1.807) is 35.2 Å². The topological polar surface area (TPSA) is 42.2 Å². The van der Waals surface area contributed by atoms with Gasteiger partial charge in [-0.2, -0.15) is 0 Å². The molecule has 152 valence electrons. The van der Waals surface area contributed by atoms with Crippen molar-refractivity contribution in [2.45, 2.75) is 35.1 Å². The van der Waals surface area contributed by atoms with Gasteiger partial charge in [0.05, 0.1) is 11.9 Å². The van der Waals surface area contributed by atoms with Gasteiger partial charge in [-0.3, -0.25) is 4.79 Å². The maximum atomic E-state index is 14.6. The molecule has 3 heterocycles. The molecule has 0 radical (unpaired) electrons. The number of carbonyl (C=O) groups is 1. The molecule has 0 saturated heterocycles. The van der Waals surface area contributed by atoms with Gasteiger partial charge in [-0.1, -0.05) is 29.4 Å². The largest absolute Gasteiger partial charge is 0.481 e. The molecule has 0 amide bonds. The van der Waals surface area contributed by atoms with Crippen molar-refractivity contribution in [3.05, 3.63) is 70.4 Å². The van der Waals surface area contributed by atoms with E-state index in [9.17, 15) is 14.3 Å². The van der Waals surface area contributed by atoms with E-state index in [0.717, 1.165) is 43.2 Å². The number of benzene rings is 2. The summed E-state index contributed by atoms with van der Waals surface area (Å²) in [6.07, 6.45) is 0.817. The van der Waals surface area contributed by atoms with E-state index in [1.165, 1.54) is 0 Å². The van der Waals surface area contributed by atoms with Gasteiger partial charge in [-0.05, 0) is 54.3 Å². The maximum absolute atomic E-state index is 14.6. The number of nitrogens with zero attached hydrogens (tertiary/aromatic N) is 1. The molecule has 7 heteroatoms. The minimum absolute atomic E-state index is 0.0708. The second-order valence-electron chi connectivity index (χ2n) is 7.33. The van der Waals surface area contributed by atoms with Crippen LogP contribution < -0.4 is 0 Å². The first-order valence-corrected chi connectivity index (χ1v) is 11.6. The summed E-state index contributed by atoms with van der Waals surface area (Å²) < 4.78 is 16.7. The van der Waals surface area contributed by atoms with Gasteiger partial charge in [0.15, 0.2) is 0 Å². The van der Waals surface area contributed by atoms with Crippen molar-refractivity contribution in [3.63, 3.8) is 0 Å². The highest BCUT2D eigenvalue weighted by atomic mass is 35.5. The van der Waals surface area contributed by atoms with Gasteiger partial charge in [-0.15, -0.1) is 11.3 Å². The van der Waals surface area contributed by atoms with Gasteiger partial charge < -0.3 is 9.67 Å². The number of hydrogen-bond donors (Lipinski definition) is 1. The quantitative estimate of drug-likeness (QED) is 0.342. The van der Waals surface area contributed by atoms with E-state index in [2.05, 4.69) is 4.57 Å². The van der Waals surface area contributed by atoms with Crippen LogP contribution in [-0.2, 0) is 11.3 Å². The monoisotopic (exact) mass is 457 g/mol. The van der Waals surface area contributed by atoms with Gasteiger partial charge in [0, 0.05) is 48.8 Å². The van der Waals surface area contributed by atoms with E-state index in [4.69, 9.17) is 11.6 Å². The first-order chi connectivity index (χ1) is 14.5. The molecule has 1 N–H and O–H groups in total. The zero-order chi connectivity index (χ0) is 20.8. The summed E-state index contributed by atoms with van der Waals surface area (Å²) in [5, 5.41) is 13.1. The zero-order valence-electron chi connectivity index (χ0n) is 15.8. The second kappa shape index (κ2) is 7.76. The molecule has 1 aliphatic rings. The summed E-state index contributed by atoms with van der Waals surface area (Å²) in [6.45, 7) is 0.693. The van der Waals surface area contributed by atoms with Crippen LogP contribution in [0.1, 0.15) is 24.5 Å². The number of halogens is 2. The number of fused-ring (bicyclic) bond motifs is 3. The molecule has 1 atom stereocenters. The minimum Gasteiger partial charge on any atom is -0.481 e. The molecule has 0 fully saturated rings. The highest BCUT2D eigenvalue weighted by molar-refractivity contribution is 7.99. The predicted molar refractivity (Wildman–Crippen MR) is 120 cm³/mol. The molecule has 2 aromatic carbocycles. The molecule has 0 saturated carbocycles. The summed E-state index contributed by atoms with van der Waals surface area (Å²) in [7, 11) is 0. The Kier molecular flexibility index (Phi) is 5.09. The average molecular weight is 458 g/mol. The van der Waals surface area contributed by atoms with Crippen molar-refractivity contribution in [2.75, 3.05) is 0 Å². The molecular weight excluding hydrogens is 441 g/mol. The van der Waals surface area contributed by atoms with Gasteiger partial charge in [0.2, 0.25) is 0 Å². The molecule has 1 unspecified atom stereocenters. The predicted octanol–water partition coefficient (Wildman–Crippen LogP) is 7.28. The average Bonchev–Trinajstić information content (AvgIpc) is 3.42. The zero-order valence-corrected chi connectivity index (χ0v) is 18.2. The van der Waals surface area contributed by atoms with Gasteiger partial charge in [0.1, 0.15) is 5.82 Å². The van der Waals surface area contributed by atoms with Crippen LogP contribution in [0.15, 0.2) is 63.7 Å². The Morgan fingerprint density at radius 3 is 2.77 bits per heavy atom. The van der Waals surface area contributed by atoms with Crippen LogP contribution in [-0.4, -0.2) is 15.6 Å². The molecule has 2 aromatic heterocycles. The van der Waals surface area contributed by atoms with E-state index in [1.807, 2.05) is 41.8 Å². The SMILES string of the molecule is O=C(O)CC1CCn2c1c(Sc1ccc(Cl)cc1)c1c(-c3cccs3)cc(F)cc12. The Hall–Kier alpha value is -2.28. The van der Waals surface area contributed by atoms with E-state index in [-0.39, 0.29) is 18.2 Å².